The number of benzene rings is 1. The summed E-state index contributed by atoms with van der Waals surface area (Å²) in [6.07, 6.45) is 1.70. The molecule has 0 heterocycles. The molecule has 102 valence electrons. The summed E-state index contributed by atoms with van der Waals surface area (Å²) < 4.78 is 6.15. The van der Waals surface area contributed by atoms with Crippen LogP contribution >= 0.6 is 15.9 Å². The van der Waals surface area contributed by atoms with E-state index in [4.69, 9.17) is 9.84 Å². The van der Waals surface area contributed by atoms with Gasteiger partial charge in [-0.15, -0.1) is 0 Å². The minimum absolute atomic E-state index is 0.0623. The largest absolute Gasteiger partial charge is 0.484 e. The molecule has 1 saturated carbocycles. The van der Waals surface area contributed by atoms with Crippen LogP contribution in [-0.4, -0.2) is 29.6 Å². The van der Waals surface area contributed by atoms with Crippen molar-refractivity contribution in [1.29, 1.82) is 0 Å². The summed E-state index contributed by atoms with van der Waals surface area (Å²) in [4.78, 5) is 22.6. The second-order valence-corrected chi connectivity index (χ2v) is 5.38. The summed E-state index contributed by atoms with van der Waals surface area (Å²) >= 11 is 3.30. The highest BCUT2D eigenvalue weighted by molar-refractivity contribution is 9.10. The summed E-state index contributed by atoms with van der Waals surface area (Å²) in [6.45, 7) is -0.188. The molecule has 1 fully saturated rings. The van der Waals surface area contributed by atoms with E-state index in [-0.39, 0.29) is 12.5 Å². The predicted molar refractivity (Wildman–Crippen MR) is 71.9 cm³/mol. The van der Waals surface area contributed by atoms with Crippen molar-refractivity contribution in [3.8, 4) is 5.75 Å². The van der Waals surface area contributed by atoms with Gasteiger partial charge in [0.25, 0.3) is 5.91 Å². The maximum atomic E-state index is 11.6. The van der Waals surface area contributed by atoms with Gasteiger partial charge in [0.15, 0.2) is 6.61 Å². The average molecular weight is 328 g/mol. The Bertz CT molecular complexity index is 487. The van der Waals surface area contributed by atoms with Gasteiger partial charge in [0.1, 0.15) is 11.8 Å². The quantitative estimate of drug-likeness (QED) is 0.835. The molecule has 2 N–H and O–H groups in total. The molecule has 1 unspecified atom stereocenters. The first kappa shape index (κ1) is 13.9. The Balaban J connectivity index is 1.82. The molecule has 19 heavy (non-hydrogen) atoms. The van der Waals surface area contributed by atoms with Crippen LogP contribution < -0.4 is 10.1 Å². The number of rotatable bonds is 6. The zero-order valence-corrected chi connectivity index (χ0v) is 11.7. The van der Waals surface area contributed by atoms with E-state index >= 15 is 0 Å². The topological polar surface area (TPSA) is 75.6 Å². The number of aliphatic carboxylic acids is 1. The van der Waals surface area contributed by atoms with Gasteiger partial charge >= 0.3 is 5.97 Å². The zero-order valence-electron chi connectivity index (χ0n) is 10.1. The molecule has 0 bridgehead atoms. The van der Waals surface area contributed by atoms with Crippen molar-refractivity contribution in [2.75, 3.05) is 6.61 Å². The third-order valence-corrected chi connectivity index (χ3v) is 3.34. The molecule has 2 rings (SSSR count). The van der Waals surface area contributed by atoms with Crippen LogP contribution in [0.1, 0.15) is 12.8 Å². The van der Waals surface area contributed by atoms with E-state index in [1.165, 1.54) is 0 Å². The maximum absolute atomic E-state index is 11.6. The van der Waals surface area contributed by atoms with E-state index in [0.29, 0.717) is 5.75 Å². The third-order valence-electron chi connectivity index (χ3n) is 2.84. The van der Waals surface area contributed by atoms with Gasteiger partial charge in [0.05, 0.1) is 0 Å². The first-order valence-corrected chi connectivity index (χ1v) is 6.76. The van der Waals surface area contributed by atoms with Crippen LogP contribution in [-0.2, 0) is 9.59 Å². The fourth-order valence-electron chi connectivity index (χ4n) is 1.73. The van der Waals surface area contributed by atoms with Crippen molar-refractivity contribution >= 4 is 27.8 Å². The monoisotopic (exact) mass is 327 g/mol. The van der Waals surface area contributed by atoms with E-state index in [2.05, 4.69) is 21.2 Å². The number of hydrogen-bond acceptors (Lipinski definition) is 3. The molecule has 1 amide bonds. The van der Waals surface area contributed by atoms with Gasteiger partial charge in [-0.1, -0.05) is 22.0 Å². The predicted octanol–water partition coefficient (Wildman–Crippen LogP) is 1.81. The molecule has 0 aliphatic heterocycles. The van der Waals surface area contributed by atoms with Crippen LogP contribution in [0.5, 0.6) is 5.75 Å². The fourth-order valence-corrected chi connectivity index (χ4v) is 2.11. The summed E-state index contributed by atoms with van der Waals surface area (Å²) in [6, 6.07) is 6.32. The first-order valence-electron chi connectivity index (χ1n) is 5.97. The Morgan fingerprint density at radius 2 is 2.21 bits per heavy atom. The molecule has 1 atom stereocenters. The molecule has 6 heteroatoms. The standard InChI is InChI=1S/C13H14BrNO4/c14-9-2-1-3-10(6-9)19-7-11(16)15-12(13(17)18)8-4-5-8/h1-3,6,8,12H,4-5,7H2,(H,15,16)(H,17,18). The molecule has 0 spiro atoms. The Hall–Kier alpha value is -1.56. The van der Waals surface area contributed by atoms with E-state index in [9.17, 15) is 9.59 Å². The van der Waals surface area contributed by atoms with Gasteiger partial charge in [-0.05, 0) is 37.0 Å². The van der Waals surface area contributed by atoms with Gasteiger partial charge in [-0.3, -0.25) is 4.79 Å². The number of carbonyl (C=O) groups is 2. The smallest absolute Gasteiger partial charge is 0.326 e. The number of hydrogen-bond donors (Lipinski definition) is 2. The summed E-state index contributed by atoms with van der Waals surface area (Å²) in [7, 11) is 0. The number of carboxylic acids is 1. The summed E-state index contributed by atoms with van der Waals surface area (Å²) in [5.74, 6) is -0.785. The number of carboxylic acid groups (broad SMARTS) is 1. The Morgan fingerprint density at radius 3 is 2.79 bits per heavy atom. The molecule has 0 saturated heterocycles. The number of nitrogens with one attached hydrogen (secondary N) is 1. The average Bonchev–Trinajstić information content (AvgIpc) is 3.17. The van der Waals surface area contributed by atoms with E-state index < -0.39 is 17.9 Å². The highest BCUT2D eigenvalue weighted by Crippen LogP contribution is 2.32. The Labute approximate surface area is 119 Å². The Morgan fingerprint density at radius 1 is 1.47 bits per heavy atom. The highest BCUT2D eigenvalue weighted by atomic mass is 79.9. The second-order valence-electron chi connectivity index (χ2n) is 4.47. The molecular weight excluding hydrogens is 314 g/mol. The minimum atomic E-state index is -0.988. The summed E-state index contributed by atoms with van der Waals surface area (Å²) in [5.41, 5.74) is 0. The van der Waals surface area contributed by atoms with Crippen molar-refractivity contribution in [1.82, 2.24) is 5.32 Å². The van der Waals surface area contributed by atoms with Crippen molar-refractivity contribution in [3.63, 3.8) is 0 Å². The van der Waals surface area contributed by atoms with Crippen molar-refractivity contribution < 1.29 is 19.4 Å². The van der Waals surface area contributed by atoms with Crippen molar-refractivity contribution in [2.24, 2.45) is 5.92 Å². The summed E-state index contributed by atoms with van der Waals surface area (Å²) in [5, 5.41) is 11.5. The minimum Gasteiger partial charge on any atom is -0.484 e. The van der Waals surface area contributed by atoms with Crippen LogP contribution in [0.2, 0.25) is 0 Å². The van der Waals surface area contributed by atoms with Crippen LogP contribution in [0.25, 0.3) is 0 Å². The van der Waals surface area contributed by atoms with Crippen LogP contribution in [0.3, 0.4) is 0 Å². The van der Waals surface area contributed by atoms with Crippen molar-refractivity contribution in [3.05, 3.63) is 28.7 Å². The van der Waals surface area contributed by atoms with Crippen LogP contribution in [0, 0.1) is 5.92 Å². The van der Waals surface area contributed by atoms with Gasteiger partial charge in [-0.2, -0.15) is 0 Å². The molecule has 5 nitrogen and oxygen atoms in total. The number of ether oxygens (including phenoxy) is 1. The van der Waals surface area contributed by atoms with E-state index in [1.807, 2.05) is 6.07 Å². The molecule has 0 aromatic heterocycles. The fraction of sp³-hybridized carbons (Fsp3) is 0.385. The van der Waals surface area contributed by atoms with E-state index in [0.717, 1.165) is 17.3 Å². The lowest BCUT2D eigenvalue weighted by Gasteiger charge is -2.13. The molecule has 1 aliphatic carbocycles. The van der Waals surface area contributed by atoms with Crippen LogP contribution in [0.15, 0.2) is 28.7 Å². The third kappa shape index (κ3) is 4.24. The van der Waals surface area contributed by atoms with Gasteiger partial charge in [-0.25, -0.2) is 4.79 Å². The molecule has 1 aromatic rings. The molecule has 1 aromatic carbocycles. The molecular formula is C13H14BrNO4. The Kier molecular flexibility index (Phi) is 4.42. The van der Waals surface area contributed by atoms with Crippen molar-refractivity contribution in [2.45, 2.75) is 18.9 Å². The van der Waals surface area contributed by atoms with E-state index in [1.54, 1.807) is 18.2 Å². The maximum Gasteiger partial charge on any atom is 0.326 e. The van der Waals surface area contributed by atoms with Gasteiger partial charge in [0.2, 0.25) is 0 Å². The SMILES string of the molecule is O=C(COc1cccc(Br)c1)NC(C(=O)O)C1CC1. The number of amides is 1. The van der Waals surface area contributed by atoms with Gasteiger partial charge in [0, 0.05) is 4.47 Å². The number of halogens is 1. The molecule has 0 radical (unpaired) electrons. The first-order chi connectivity index (χ1) is 9.06. The molecule has 1 aliphatic rings. The normalized spacial score (nSPS) is 15.6. The highest BCUT2D eigenvalue weighted by Gasteiger charge is 2.37. The van der Waals surface area contributed by atoms with Crippen LogP contribution in [0.4, 0.5) is 0 Å². The lowest BCUT2D eigenvalue weighted by molar-refractivity contribution is -0.142. The lowest BCUT2D eigenvalue weighted by atomic mass is 10.2. The second kappa shape index (κ2) is 6.06. The number of carbonyl (C=O) groups excluding carboxylic acids is 1. The zero-order chi connectivity index (χ0) is 13.8. The van der Waals surface area contributed by atoms with Gasteiger partial charge < -0.3 is 15.2 Å². The lowest BCUT2D eigenvalue weighted by Crippen LogP contribution is -2.44.